The molecule has 1 amide bonds. The van der Waals surface area contributed by atoms with Gasteiger partial charge >= 0.3 is 0 Å². The minimum atomic E-state index is -0.613. The Balaban J connectivity index is 2.05. The molecule has 1 aliphatic rings. The van der Waals surface area contributed by atoms with Crippen LogP contribution in [0.25, 0.3) is 0 Å². The molecule has 0 aromatic heterocycles. The van der Waals surface area contributed by atoms with Gasteiger partial charge in [-0.2, -0.15) is 0 Å². The van der Waals surface area contributed by atoms with Crippen LogP contribution in [0.5, 0.6) is 5.75 Å². The molecule has 2 rings (SSSR count). The van der Waals surface area contributed by atoms with Crippen molar-refractivity contribution in [2.45, 2.75) is 52.4 Å². The fourth-order valence-corrected chi connectivity index (χ4v) is 2.92. The number of amides is 1. The lowest BCUT2D eigenvalue weighted by molar-refractivity contribution is -0.163. The quantitative estimate of drug-likeness (QED) is 0.801. The minimum Gasteiger partial charge on any atom is -0.481 e. The molecule has 0 aliphatic carbocycles. The highest BCUT2D eigenvalue weighted by Gasteiger charge is 2.35. The first-order chi connectivity index (χ1) is 10.7. The van der Waals surface area contributed by atoms with E-state index in [0.29, 0.717) is 24.4 Å². The maximum absolute atomic E-state index is 12.6. The second kappa shape index (κ2) is 6.71. The average Bonchev–Trinajstić information content (AvgIpc) is 2.44. The Labute approximate surface area is 137 Å². The number of nitrogens with zero attached hydrogens (tertiary/aromatic N) is 1. The predicted octanol–water partition coefficient (Wildman–Crippen LogP) is 2.68. The van der Waals surface area contributed by atoms with E-state index in [1.165, 1.54) is 6.92 Å². The summed E-state index contributed by atoms with van der Waals surface area (Å²) in [6.07, 6.45) is -0.616. The van der Waals surface area contributed by atoms with Gasteiger partial charge in [0, 0.05) is 18.7 Å². The number of carbonyl (C=O) groups is 2. The van der Waals surface area contributed by atoms with Crippen LogP contribution in [0.2, 0.25) is 0 Å². The Morgan fingerprint density at radius 3 is 2.70 bits per heavy atom. The molecule has 0 N–H and O–H groups in total. The zero-order valence-electron chi connectivity index (χ0n) is 14.5. The molecule has 23 heavy (non-hydrogen) atoms. The highest BCUT2D eigenvalue weighted by molar-refractivity contribution is 5.94. The molecule has 1 fully saturated rings. The maximum atomic E-state index is 12.6. The van der Waals surface area contributed by atoms with Crippen molar-refractivity contribution >= 4 is 11.7 Å². The molecule has 1 aliphatic heterocycles. The monoisotopic (exact) mass is 319 g/mol. The standard InChI is InChI=1S/C18H25NO4/c1-12-10-19(11-18(4,5)23-12)17(21)14(3)22-16-8-6-7-15(9-16)13(2)20/h6-9,12,14H,10-11H2,1-5H3. The molecule has 1 aromatic rings. The Kier molecular flexibility index (Phi) is 5.09. The van der Waals surface area contributed by atoms with Crippen LogP contribution in [0.1, 0.15) is 45.0 Å². The Hall–Kier alpha value is -1.88. The van der Waals surface area contributed by atoms with Gasteiger partial charge in [0.1, 0.15) is 5.75 Å². The van der Waals surface area contributed by atoms with Crippen molar-refractivity contribution in [3.63, 3.8) is 0 Å². The van der Waals surface area contributed by atoms with Gasteiger partial charge in [0.2, 0.25) is 0 Å². The van der Waals surface area contributed by atoms with Crippen molar-refractivity contribution in [2.75, 3.05) is 13.1 Å². The summed E-state index contributed by atoms with van der Waals surface area (Å²) in [6.45, 7) is 10.3. The Morgan fingerprint density at radius 2 is 2.09 bits per heavy atom. The lowest BCUT2D eigenvalue weighted by atomic mass is 10.0. The van der Waals surface area contributed by atoms with Gasteiger partial charge in [-0.15, -0.1) is 0 Å². The van der Waals surface area contributed by atoms with Gasteiger partial charge in [0.15, 0.2) is 11.9 Å². The first-order valence-electron chi connectivity index (χ1n) is 7.92. The summed E-state index contributed by atoms with van der Waals surface area (Å²) >= 11 is 0. The number of rotatable bonds is 4. The van der Waals surface area contributed by atoms with E-state index in [1.54, 1.807) is 36.1 Å². The molecule has 1 saturated heterocycles. The summed E-state index contributed by atoms with van der Waals surface area (Å²) in [6, 6.07) is 6.90. The molecule has 1 heterocycles. The maximum Gasteiger partial charge on any atom is 0.263 e. The normalized spacial score (nSPS) is 21.6. The average molecular weight is 319 g/mol. The molecule has 2 unspecified atom stereocenters. The smallest absolute Gasteiger partial charge is 0.263 e. The van der Waals surface area contributed by atoms with Gasteiger partial charge in [-0.25, -0.2) is 0 Å². The Bertz CT molecular complexity index is 596. The van der Waals surface area contributed by atoms with Crippen molar-refractivity contribution in [3.8, 4) is 5.75 Å². The van der Waals surface area contributed by atoms with Crippen LogP contribution >= 0.6 is 0 Å². The molecular formula is C18H25NO4. The van der Waals surface area contributed by atoms with Crippen LogP contribution in [0.4, 0.5) is 0 Å². The summed E-state index contributed by atoms with van der Waals surface area (Å²) < 4.78 is 11.6. The van der Waals surface area contributed by atoms with E-state index in [2.05, 4.69) is 0 Å². The number of hydrogen-bond acceptors (Lipinski definition) is 4. The van der Waals surface area contributed by atoms with Gasteiger partial charge < -0.3 is 14.4 Å². The molecule has 0 saturated carbocycles. The first-order valence-corrected chi connectivity index (χ1v) is 7.92. The molecule has 1 aromatic carbocycles. The van der Waals surface area contributed by atoms with E-state index in [9.17, 15) is 9.59 Å². The summed E-state index contributed by atoms with van der Waals surface area (Å²) in [5, 5.41) is 0. The van der Waals surface area contributed by atoms with Crippen molar-refractivity contribution in [3.05, 3.63) is 29.8 Å². The fourth-order valence-electron chi connectivity index (χ4n) is 2.92. The number of carbonyl (C=O) groups excluding carboxylic acids is 2. The lowest BCUT2D eigenvalue weighted by Gasteiger charge is -2.42. The van der Waals surface area contributed by atoms with E-state index in [1.807, 2.05) is 20.8 Å². The highest BCUT2D eigenvalue weighted by Crippen LogP contribution is 2.22. The molecule has 2 atom stereocenters. The largest absolute Gasteiger partial charge is 0.481 e. The van der Waals surface area contributed by atoms with Gasteiger partial charge in [0.05, 0.1) is 11.7 Å². The Morgan fingerprint density at radius 1 is 1.39 bits per heavy atom. The van der Waals surface area contributed by atoms with Crippen LogP contribution < -0.4 is 4.74 Å². The lowest BCUT2D eigenvalue weighted by Crippen LogP contribution is -2.56. The second-order valence-corrected chi connectivity index (χ2v) is 6.75. The number of ether oxygens (including phenoxy) is 2. The third-order valence-electron chi connectivity index (χ3n) is 3.78. The summed E-state index contributed by atoms with van der Waals surface area (Å²) in [5.41, 5.74) is 0.213. The van der Waals surface area contributed by atoms with Crippen molar-refractivity contribution in [1.82, 2.24) is 4.90 Å². The molecule has 0 bridgehead atoms. The number of ketones is 1. The zero-order chi connectivity index (χ0) is 17.2. The van der Waals surface area contributed by atoms with E-state index in [-0.39, 0.29) is 23.4 Å². The topological polar surface area (TPSA) is 55.8 Å². The van der Waals surface area contributed by atoms with Crippen LogP contribution in [-0.2, 0) is 9.53 Å². The van der Waals surface area contributed by atoms with E-state index in [0.717, 1.165) is 0 Å². The second-order valence-electron chi connectivity index (χ2n) is 6.75. The molecule has 126 valence electrons. The van der Waals surface area contributed by atoms with E-state index in [4.69, 9.17) is 9.47 Å². The first kappa shape index (κ1) is 17.5. The zero-order valence-corrected chi connectivity index (χ0v) is 14.5. The van der Waals surface area contributed by atoms with Gasteiger partial charge in [-0.05, 0) is 46.8 Å². The number of morpholine rings is 1. The third-order valence-corrected chi connectivity index (χ3v) is 3.78. The SMILES string of the molecule is CC(=O)c1cccc(OC(C)C(=O)N2CC(C)OC(C)(C)C2)c1. The molecule has 5 nitrogen and oxygen atoms in total. The van der Waals surface area contributed by atoms with E-state index < -0.39 is 6.10 Å². The summed E-state index contributed by atoms with van der Waals surface area (Å²) in [4.78, 5) is 25.8. The molecule has 0 radical (unpaired) electrons. The molecular weight excluding hydrogens is 294 g/mol. The van der Waals surface area contributed by atoms with Crippen molar-refractivity contribution < 1.29 is 19.1 Å². The third kappa shape index (κ3) is 4.55. The molecule has 0 spiro atoms. The van der Waals surface area contributed by atoms with E-state index >= 15 is 0 Å². The van der Waals surface area contributed by atoms with Gasteiger partial charge in [-0.1, -0.05) is 12.1 Å². The van der Waals surface area contributed by atoms with Crippen LogP contribution in [0.15, 0.2) is 24.3 Å². The highest BCUT2D eigenvalue weighted by atomic mass is 16.5. The van der Waals surface area contributed by atoms with Gasteiger partial charge in [0.25, 0.3) is 5.91 Å². The summed E-state index contributed by atoms with van der Waals surface area (Å²) in [5.74, 6) is 0.429. The fraction of sp³-hybridized carbons (Fsp3) is 0.556. The minimum absolute atomic E-state index is 0.00376. The molecule has 5 heteroatoms. The number of hydrogen-bond donors (Lipinski definition) is 0. The number of Topliss-reactive ketones (excluding diaryl/α,β-unsaturated/α-hetero) is 1. The van der Waals surface area contributed by atoms with Gasteiger partial charge in [-0.3, -0.25) is 9.59 Å². The van der Waals surface area contributed by atoms with Crippen LogP contribution in [0, 0.1) is 0 Å². The summed E-state index contributed by atoms with van der Waals surface area (Å²) in [7, 11) is 0. The van der Waals surface area contributed by atoms with Crippen molar-refractivity contribution in [2.24, 2.45) is 0 Å². The van der Waals surface area contributed by atoms with Crippen LogP contribution in [-0.4, -0.2) is 47.5 Å². The van der Waals surface area contributed by atoms with Crippen LogP contribution in [0.3, 0.4) is 0 Å². The number of benzene rings is 1. The van der Waals surface area contributed by atoms with Crippen molar-refractivity contribution in [1.29, 1.82) is 0 Å². The predicted molar refractivity (Wildman–Crippen MR) is 87.7 cm³/mol.